The molecule has 1 aromatic rings. The molecule has 21 heavy (non-hydrogen) atoms. The van der Waals surface area contributed by atoms with Crippen molar-refractivity contribution in [2.75, 3.05) is 5.32 Å². The Hall–Kier alpha value is -1.69. The second-order valence-corrected chi connectivity index (χ2v) is 6.23. The molecular weight excluding hydrogens is 288 g/mol. The molecule has 5 nitrogen and oxygen atoms in total. The number of esters is 1. The van der Waals surface area contributed by atoms with Crippen LogP contribution in [-0.4, -0.2) is 23.0 Å². The fourth-order valence-electron chi connectivity index (χ4n) is 2.83. The maximum Gasteiger partial charge on any atom is 0.330 e. The molecule has 0 spiro atoms. The van der Waals surface area contributed by atoms with Gasteiger partial charge in [0.1, 0.15) is 6.10 Å². The Morgan fingerprint density at radius 1 is 1.52 bits per heavy atom. The molecule has 1 fully saturated rings. The molecule has 0 aromatic carbocycles. The Morgan fingerprint density at radius 3 is 2.95 bits per heavy atom. The van der Waals surface area contributed by atoms with Crippen molar-refractivity contribution < 1.29 is 14.3 Å². The summed E-state index contributed by atoms with van der Waals surface area (Å²) in [4.78, 5) is 27.1. The summed E-state index contributed by atoms with van der Waals surface area (Å²) in [6.45, 7) is 7.05. The zero-order valence-corrected chi connectivity index (χ0v) is 13.1. The number of hydrogen-bond donors (Lipinski definition) is 1. The molecule has 0 radical (unpaired) electrons. The maximum atomic E-state index is 11.5. The second-order valence-electron chi connectivity index (χ2n) is 5.37. The number of carbonyl (C=O) groups excluding carboxylic acids is 2. The molecular formula is C15H20N2O3S. The summed E-state index contributed by atoms with van der Waals surface area (Å²) in [5.41, 5.74) is 0.887. The lowest BCUT2D eigenvalue weighted by Crippen LogP contribution is -2.33. The Balaban J connectivity index is 2.18. The standard InChI is InChI=1S/C15H20N2O3S/c1-4-13(19)20-12-7-5-6-9(2)14(12)11-8-21-15(17-11)16-10(3)18/h4,8-9,12,14H,1,5-7H2,2-3H3,(H,16,17,18). The van der Waals surface area contributed by atoms with Crippen LogP contribution in [0.3, 0.4) is 0 Å². The summed E-state index contributed by atoms with van der Waals surface area (Å²) >= 11 is 1.40. The number of anilines is 1. The van der Waals surface area contributed by atoms with Gasteiger partial charge in [0.15, 0.2) is 5.13 Å². The van der Waals surface area contributed by atoms with Gasteiger partial charge in [-0.05, 0) is 25.2 Å². The summed E-state index contributed by atoms with van der Waals surface area (Å²) < 4.78 is 5.49. The van der Waals surface area contributed by atoms with Crippen LogP contribution in [0, 0.1) is 5.92 Å². The van der Waals surface area contributed by atoms with Gasteiger partial charge < -0.3 is 10.1 Å². The van der Waals surface area contributed by atoms with Gasteiger partial charge in [-0.25, -0.2) is 9.78 Å². The van der Waals surface area contributed by atoms with Crippen LogP contribution >= 0.6 is 11.3 Å². The Labute approximate surface area is 128 Å². The van der Waals surface area contributed by atoms with E-state index in [1.807, 2.05) is 5.38 Å². The van der Waals surface area contributed by atoms with Crippen molar-refractivity contribution in [1.82, 2.24) is 4.98 Å². The molecule has 3 unspecified atom stereocenters. The van der Waals surface area contributed by atoms with Crippen molar-refractivity contribution in [2.45, 2.75) is 45.1 Å². The molecule has 0 aliphatic heterocycles. The van der Waals surface area contributed by atoms with Crippen molar-refractivity contribution in [3.63, 3.8) is 0 Å². The van der Waals surface area contributed by atoms with Crippen molar-refractivity contribution in [2.24, 2.45) is 5.92 Å². The zero-order valence-electron chi connectivity index (χ0n) is 12.3. The summed E-state index contributed by atoms with van der Waals surface area (Å²) in [5.74, 6) is -0.0753. The number of thiazole rings is 1. The van der Waals surface area contributed by atoms with Crippen molar-refractivity contribution >= 4 is 28.3 Å². The molecule has 1 amide bonds. The smallest absolute Gasteiger partial charge is 0.330 e. The van der Waals surface area contributed by atoms with E-state index < -0.39 is 5.97 Å². The topological polar surface area (TPSA) is 68.3 Å². The van der Waals surface area contributed by atoms with E-state index in [9.17, 15) is 9.59 Å². The van der Waals surface area contributed by atoms with Crippen molar-refractivity contribution in [3.05, 3.63) is 23.7 Å². The Bertz CT molecular complexity index is 541. The lowest BCUT2D eigenvalue weighted by atomic mass is 9.77. The van der Waals surface area contributed by atoms with E-state index in [-0.39, 0.29) is 17.9 Å². The largest absolute Gasteiger partial charge is 0.459 e. The zero-order chi connectivity index (χ0) is 15.4. The first-order valence-electron chi connectivity index (χ1n) is 7.07. The van der Waals surface area contributed by atoms with Crippen LogP contribution in [-0.2, 0) is 14.3 Å². The molecule has 0 saturated heterocycles. The molecule has 1 saturated carbocycles. The molecule has 1 aliphatic carbocycles. The summed E-state index contributed by atoms with van der Waals surface area (Å²) in [7, 11) is 0. The van der Waals surface area contributed by atoms with Gasteiger partial charge in [0.2, 0.25) is 5.91 Å². The monoisotopic (exact) mass is 308 g/mol. The molecule has 1 N–H and O–H groups in total. The van der Waals surface area contributed by atoms with Gasteiger partial charge in [0.05, 0.1) is 5.69 Å². The summed E-state index contributed by atoms with van der Waals surface area (Å²) in [6, 6.07) is 0. The van der Waals surface area contributed by atoms with Gasteiger partial charge in [-0.1, -0.05) is 13.5 Å². The minimum absolute atomic E-state index is 0.0707. The van der Waals surface area contributed by atoms with Gasteiger partial charge in [-0.2, -0.15) is 0 Å². The third kappa shape index (κ3) is 3.91. The molecule has 1 heterocycles. The van der Waals surface area contributed by atoms with Gasteiger partial charge in [-0.3, -0.25) is 4.79 Å². The minimum Gasteiger partial charge on any atom is -0.459 e. The molecule has 0 bridgehead atoms. The molecule has 6 heteroatoms. The highest BCUT2D eigenvalue weighted by Crippen LogP contribution is 2.40. The normalized spacial score (nSPS) is 25.1. The number of nitrogens with one attached hydrogen (secondary N) is 1. The van der Waals surface area contributed by atoms with E-state index in [0.717, 1.165) is 25.0 Å². The van der Waals surface area contributed by atoms with Crippen LogP contribution in [0.1, 0.15) is 44.7 Å². The van der Waals surface area contributed by atoms with E-state index in [0.29, 0.717) is 11.0 Å². The number of carbonyl (C=O) groups is 2. The highest BCUT2D eigenvalue weighted by molar-refractivity contribution is 7.13. The lowest BCUT2D eigenvalue weighted by molar-refractivity contribution is -0.146. The Morgan fingerprint density at radius 2 is 2.29 bits per heavy atom. The van der Waals surface area contributed by atoms with Crippen LogP contribution in [0.5, 0.6) is 0 Å². The highest BCUT2D eigenvalue weighted by Gasteiger charge is 2.35. The molecule has 1 aliphatic rings. The minimum atomic E-state index is -0.392. The molecule has 2 rings (SSSR count). The van der Waals surface area contributed by atoms with Crippen LogP contribution in [0.25, 0.3) is 0 Å². The second kappa shape index (κ2) is 6.85. The first-order valence-corrected chi connectivity index (χ1v) is 7.95. The lowest BCUT2D eigenvalue weighted by Gasteiger charge is -2.34. The van der Waals surface area contributed by atoms with Gasteiger partial charge in [0.25, 0.3) is 0 Å². The number of rotatable bonds is 4. The predicted octanol–water partition coefficient (Wildman–Crippen LogP) is 3.10. The van der Waals surface area contributed by atoms with Crippen LogP contribution in [0.2, 0.25) is 0 Å². The third-order valence-corrected chi connectivity index (χ3v) is 4.52. The molecule has 3 atom stereocenters. The van der Waals surface area contributed by atoms with E-state index in [4.69, 9.17) is 4.74 Å². The van der Waals surface area contributed by atoms with Crippen molar-refractivity contribution in [1.29, 1.82) is 0 Å². The SMILES string of the molecule is C=CC(=O)OC1CCCC(C)C1c1csc(NC(C)=O)n1. The van der Waals surface area contributed by atoms with Crippen molar-refractivity contribution in [3.8, 4) is 0 Å². The summed E-state index contributed by atoms with van der Waals surface area (Å²) in [5, 5.41) is 5.21. The molecule has 114 valence electrons. The van der Waals surface area contributed by atoms with E-state index >= 15 is 0 Å². The quantitative estimate of drug-likeness (QED) is 0.685. The first-order chi connectivity index (χ1) is 10.0. The Kier molecular flexibility index (Phi) is 5.12. The van der Waals surface area contributed by atoms with E-state index in [1.54, 1.807) is 0 Å². The maximum absolute atomic E-state index is 11.5. The number of nitrogens with zero attached hydrogens (tertiary/aromatic N) is 1. The van der Waals surface area contributed by atoms with Gasteiger partial charge >= 0.3 is 5.97 Å². The summed E-state index contributed by atoms with van der Waals surface area (Å²) in [6.07, 6.45) is 3.98. The van der Waals surface area contributed by atoms with Crippen LogP contribution in [0.15, 0.2) is 18.0 Å². The van der Waals surface area contributed by atoms with Crippen LogP contribution < -0.4 is 5.32 Å². The number of aromatic nitrogens is 1. The van der Waals surface area contributed by atoms with Gasteiger partial charge in [0, 0.05) is 24.3 Å². The third-order valence-electron chi connectivity index (χ3n) is 3.74. The average Bonchev–Trinajstić information content (AvgIpc) is 2.86. The van der Waals surface area contributed by atoms with E-state index in [2.05, 4.69) is 23.8 Å². The average molecular weight is 308 g/mol. The fourth-order valence-corrected chi connectivity index (χ4v) is 3.63. The van der Waals surface area contributed by atoms with Gasteiger partial charge in [-0.15, -0.1) is 11.3 Å². The highest BCUT2D eigenvalue weighted by atomic mass is 32.1. The first kappa shape index (κ1) is 15.7. The predicted molar refractivity (Wildman–Crippen MR) is 82.3 cm³/mol. The molecule has 1 aromatic heterocycles. The number of hydrogen-bond acceptors (Lipinski definition) is 5. The number of ether oxygens (including phenoxy) is 1. The van der Waals surface area contributed by atoms with Crippen LogP contribution in [0.4, 0.5) is 5.13 Å². The van der Waals surface area contributed by atoms with E-state index in [1.165, 1.54) is 24.3 Å². The number of amides is 1. The fraction of sp³-hybridized carbons (Fsp3) is 0.533.